The number of nitrogens with one attached hydrogen (secondary N) is 1. The van der Waals surface area contributed by atoms with E-state index in [-0.39, 0.29) is 0 Å². The molecule has 0 aliphatic carbocycles. The average molecular weight is 207 g/mol. The predicted octanol–water partition coefficient (Wildman–Crippen LogP) is 0.967. The molecule has 1 atom stereocenters. The maximum atomic E-state index is 11.0. The van der Waals surface area contributed by atoms with E-state index in [0.717, 1.165) is 17.5 Å². The van der Waals surface area contributed by atoms with Crippen molar-refractivity contribution in [3.63, 3.8) is 0 Å². The summed E-state index contributed by atoms with van der Waals surface area (Å²) in [4.78, 5) is 11.0. The smallest absolute Gasteiger partial charge is 0.325 e. The Hall–Kier alpha value is -1.55. The van der Waals surface area contributed by atoms with E-state index < -0.39 is 12.0 Å². The Labute approximate surface area is 87.9 Å². The summed E-state index contributed by atoms with van der Waals surface area (Å²) in [6, 6.07) is 4.98. The van der Waals surface area contributed by atoms with E-state index in [0.29, 0.717) is 12.3 Å². The van der Waals surface area contributed by atoms with E-state index in [2.05, 4.69) is 5.32 Å². The minimum absolute atomic E-state index is 0.608. The van der Waals surface area contributed by atoms with Crippen molar-refractivity contribution in [2.24, 2.45) is 0 Å². The van der Waals surface area contributed by atoms with Crippen molar-refractivity contribution < 1.29 is 14.6 Å². The fourth-order valence-corrected chi connectivity index (χ4v) is 1.88. The molecule has 2 rings (SSSR count). The Kier molecular flexibility index (Phi) is 2.60. The third-order valence-corrected chi connectivity index (χ3v) is 2.65. The van der Waals surface area contributed by atoms with Crippen molar-refractivity contribution in [1.29, 1.82) is 0 Å². The van der Waals surface area contributed by atoms with Crippen LogP contribution >= 0.6 is 0 Å². The molecule has 1 aromatic carbocycles. The van der Waals surface area contributed by atoms with Crippen LogP contribution in [-0.4, -0.2) is 24.7 Å². The average Bonchev–Trinajstić information content (AvgIpc) is 2.27. The number of ether oxygens (including phenoxy) is 1. The highest BCUT2D eigenvalue weighted by atomic mass is 16.5. The fourth-order valence-electron chi connectivity index (χ4n) is 1.88. The van der Waals surface area contributed by atoms with Crippen LogP contribution in [0.3, 0.4) is 0 Å². The van der Waals surface area contributed by atoms with E-state index in [1.54, 1.807) is 13.2 Å². The first kappa shape index (κ1) is 9.98. The van der Waals surface area contributed by atoms with Crippen LogP contribution in [0.5, 0.6) is 5.75 Å². The highest BCUT2D eigenvalue weighted by molar-refractivity contribution is 5.76. The zero-order valence-corrected chi connectivity index (χ0v) is 8.49. The highest BCUT2D eigenvalue weighted by Gasteiger charge is 2.25. The number of aliphatic carboxylic acids is 1. The molecule has 15 heavy (non-hydrogen) atoms. The standard InChI is InChI=1S/C11H13NO3/c1-15-8-3-2-7-4-5-12-10(11(13)14)9(7)6-8/h2-3,6,10,12H,4-5H2,1H3,(H,13,14)/t10-/m0/s1. The Morgan fingerprint density at radius 2 is 2.40 bits per heavy atom. The number of carboxylic acid groups (broad SMARTS) is 1. The second kappa shape index (κ2) is 3.90. The van der Waals surface area contributed by atoms with Crippen molar-refractivity contribution in [1.82, 2.24) is 5.32 Å². The molecule has 4 nitrogen and oxygen atoms in total. The van der Waals surface area contributed by atoms with Gasteiger partial charge in [-0.1, -0.05) is 6.07 Å². The largest absolute Gasteiger partial charge is 0.497 e. The summed E-state index contributed by atoms with van der Waals surface area (Å²) in [5, 5.41) is 12.0. The van der Waals surface area contributed by atoms with Crippen LogP contribution in [0.2, 0.25) is 0 Å². The fraction of sp³-hybridized carbons (Fsp3) is 0.364. The topological polar surface area (TPSA) is 58.6 Å². The Bertz CT molecular complexity index is 389. The van der Waals surface area contributed by atoms with Crippen molar-refractivity contribution in [2.75, 3.05) is 13.7 Å². The number of carbonyl (C=O) groups is 1. The van der Waals surface area contributed by atoms with Gasteiger partial charge < -0.3 is 15.2 Å². The molecule has 0 saturated carbocycles. The minimum atomic E-state index is -0.843. The molecule has 1 aliphatic rings. The molecule has 0 amide bonds. The van der Waals surface area contributed by atoms with Gasteiger partial charge in [0, 0.05) is 6.54 Å². The van der Waals surface area contributed by atoms with Crippen LogP contribution in [0, 0.1) is 0 Å². The Morgan fingerprint density at radius 3 is 3.07 bits per heavy atom. The molecule has 4 heteroatoms. The third kappa shape index (κ3) is 1.80. The molecule has 0 radical (unpaired) electrons. The van der Waals surface area contributed by atoms with E-state index in [1.807, 2.05) is 12.1 Å². The molecule has 0 spiro atoms. The maximum absolute atomic E-state index is 11.0. The summed E-state index contributed by atoms with van der Waals surface area (Å²) in [7, 11) is 1.58. The summed E-state index contributed by atoms with van der Waals surface area (Å²) in [6.07, 6.45) is 0.864. The van der Waals surface area contributed by atoms with Gasteiger partial charge >= 0.3 is 5.97 Å². The monoisotopic (exact) mass is 207 g/mol. The molecule has 0 saturated heterocycles. The Balaban J connectivity index is 2.43. The number of methoxy groups -OCH3 is 1. The van der Waals surface area contributed by atoms with Gasteiger partial charge in [0.1, 0.15) is 11.8 Å². The molecule has 0 unspecified atom stereocenters. The number of hydrogen-bond acceptors (Lipinski definition) is 3. The van der Waals surface area contributed by atoms with Gasteiger partial charge in [-0.05, 0) is 29.7 Å². The van der Waals surface area contributed by atoms with E-state index in [9.17, 15) is 4.79 Å². The predicted molar refractivity (Wildman–Crippen MR) is 55.1 cm³/mol. The highest BCUT2D eigenvalue weighted by Crippen LogP contribution is 2.27. The Morgan fingerprint density at radius 1 is 1.60 bits per heavy atom. The van der Waals surface area contributed by atoms with Crippen LogP contribution in [0.15, 0.2) is 18.2 Å². The summed E-state index contributed by atoms with van der Waals surface area (Å²) in [5.41, 5.74) is 1.90. The summed E-state index contributed by atoms with van der Waals surface area (Å²) in [6.45, 7) is 0.705. The van der Waals surface area contributed by atoms with Gasteiger partial charge in [0.2, 0.25) is 0 Å². The first-order valence-corrected chi connectivity index (χ1v) is 4.85. The number of benzene rings is 1. The van der Waals surface area contributed by atoms with Crippen LogP contribution in [0.4, 0.5) is 0 Å². The number of hydrogen-bond donors (Lipinski definition) is 2. The summed E-state index contributed by atoms with van der Waals surface area (Å²) >= 11 is 0. The molecule has 0 bridgehead atoms. The number of carboxylic acids is 1. The number of rotatable bonds is 2. The number of fused-ring (bicyclic) bond motifs is 1. The molecule has 2 N–H and O–H groups in total. The van der Waals surface area contributed by atoms with Gasteiger partial charge in [0.15, 0.2) is 0 Å². The van der Waals surface area contributed by atoms with Crippen molar-refractivity contribution in [2.45, 2.75) is 12.5 Å². The van der Waals surface area contributed by atoms with Crippen LogP contribution in [0.1, 0.15) is 17.2 Å². The van der Waals surface area contributed by atoms with Gasteiger partial charge in [0.25, 0.3) is 0 Å². The minimum Gasteiger partial charge on any atom is -0.497 e. The van der Waals surface area contributed by atoms with Crippen LogP contribution < -0.4 is 10.1 Å². The third-order valence-electron chi connectivity index (χ3n) is 2.65. The molecule has 0 aromatic heterocycles. The molecule has 0 fully saturated rings. The summed E-state index contributed by atoms with van der Waals surface area (Å²) in [5.74, 6) is -0.145. The van der Waals surface area contributed by atoms with Gasteiger partial charge in [-0.3, -0.25) is 4.79 Å². The van der Waals surface area contributed by atoms with Gasteiger partial charge in [-0.15, -0.1) is 0 Å². The molecule has 80 valence electrons. The van der Waals surface area contributed by atoms with Crippen molar-refractivity contribution >= 4 is 5.97 Å². The van der Waals surface area contributed by atoms with E-state index >= 15 is 0 Å². The van der Waals surface area contributed by atoms with Gasteiger partial charge in [-0.25, -0.2) is 0 Å². The van der Waals surface area contributed by atoms with Crippen molar-refractivity contribution in [3.05, 3.63) is 29.3 Å². The molecule has 1 aromatic rings. The lowest BCUT2D eigenvalue weighted by atomic mass is 9.94. The zero-order chi connectivity index (χ0) is 10.8. The summed E-state index contributed by atoms with van der Waals surface area (Å²) < 4.78 is 5.09. The zero-order valence-electron chi connectivity index (χ0n) is 8.49. The molecule has 1 aliphatic heterocycles. The second-order valence-electron chi connectivity index (χ2n) is 3.54. The lowest BCUT2D eigenvalue weighted by molar-refractivity contribution is -0.139. The first-order valence-electron chi connectivity index (χ1n) is 4.85. The lowest BCUT2D eigenvalue weighted by Crippen LogP contribution is -2.34. The van der Waals surface area contributed by atoms with Gasteiger partial charge in [-0.2, -0.15) is 0 Å². The molecule has 1 heterocycles. The lowest BCUT2D eigenvalue weighted by Gasteiger charge is -2.24. The van der Waals surface area contributed by atoms with Crippen LogP contribution in [0.25, 0.3) is 0 Å². The SMILES string of the molecule is COc1ccc2c(c1)[C@@H](C(=O)O)NCC2. The normalized spacial score (nSPS) is 19.4. The van der Waals surface area contributed by atoms with Crippen molar-refractivity contribution in [3.8, 4) is 5.75 Å². The van der Waals surface area contributed by atoms with Gasteiger partial charge in [0.05, 0.1) is 7.11 Å². The quantitative estimate of drug-likeness (QED) is 0.758. The molecular formula is C11H13NO3. The van der Waals surface area contributed by atoms with E-state index in [4.69, 9.17) is 9.84 Å². The second-order valence-corrected chi connectivity index (χ2v) is 3.54. The molecular weight excluding hydrogens is 194 g/mol. The van der Waals surface area contributed by atoms with Crippen LogP contribution in [-0.2, 0) is 11.2 Å². The first-order chi connectivity index (χ1) is 7.22. The van der Waals surface area contributed by atoms with E-state index in [1.165, 1.54) is 0 Å². The maximum Gasteiger partial charge on any atom is 0.325 e.